The van der Waals surface area contributed by atoms with Crippen molar-refractivity contribution in [2.45, 2.75) is 6.04 Å². The molecule has 0 fully saturated rings. The Hall–Kier alpha value is -2.36. The van der Waals surface area contributed by atoms with E-state index in [4.69, 9.17) is 15.7 Å². The topological polar surface area (TPSA) is 88.1 Å². The molecule has 20 heavy (non-hydrogen) atoms. The molecule has 2 aromatic rings. The fourth-order valence-electron chi connectivity index (χ4n) is 1.72. The van der Waals surface area contributed by atoms with E-state index in [1.807, 2.05) is 17.5 Å². The first-order valence-electron chi connectivity index (χ1n) is 5.84. The minimum absolute atomic E-state index is 0.330. The van der Waals surface area contributed by atoms with E-state index in [0.29, 0.717) is 17.0 Å². The molecule has 0 radical (unpaired) electrons. The molecule has 2 rings (SSSR count). The number of ether oxygens (including phenoxy) is 1. The number of amides is 1. The highest BCUT2D eigenvalue weighted by Gasteiger charge is 2.19. The Morgan fingerprint density at radius 1 is 1.45 bits per heavy atom. The van der Waals surface area contributed by atoms with Gasteiger partial charge in [-0.1, -0.05) is 12.1 Å². The molecule has 6 heteroatoms. The molecule has 1 unspecified atom stereocenters. The molecule has 1 heterocycles. The van der Waals surface area contributed by atoms with Crippen molar-refractivity contribution in [2.24, 2.45) is 5.73 Å². The molecule has 5 nitrogen and oxygen atoms in total. The van der Waals surface area contributed by atoms with Crippen LogP contribution in [0.2, 0.25) is 0 Å². The number of nitrogens with zero attached hydrogens (tertiary/aromatic N) is 1. The van der Waals surface area contributed by atoms with Gasteiger partial charge in [0.1, 0.15) is 23.5 Å². The van der Waals surface area contributed by atoms with Gasteiger partial charge in [-0.3, -0.25) is 4.79 Å². The quantitative estimate of drug-likeness (QED) is 0.902. The highest BCUT2D eigenvalue weighted by molar-refractivity contribution is 7.10. The molecule has 0 aliphatic rings. The van der Waals surface area contributed by atoms with Gasteiger partial charge in [-0.2, -0.15) is 5.26 Å². The Kier molecular flexibility index (Phi) is 4.35. The first kappa shape index (κ1) is 14.1. The van der Waals surface area contributed by atoms with Gasteiger partial charge in [-0.25, -0.2) is 0 Å². The lowest BCUT2D eigenvalue weighted by molar-refractivity contribution is -0.117. The second-order valence-corrected chi connectivity index (χ2v) is 4.96. The maximum atomic E-state index is 12.2. The van der Waals surface area contributed by atoms with Crippen LogP contribution in [0, 0.1) is 11.3 Å². The largest absolute Gasteiger partial charge is 0.495 e. The molecule has 1 atom stereocenters. The summed E-state index contributed by atoms with van der Waals surface area (Å²) < 4.78 is 5.16. The van der Waals surface area contributed by atoms with Crippen molar-refractivity contribution in [3.63, 3.8) is 0 Å². The van der Waals surface area contributed by atoms with Gasteiger partial charge in [-0.15, -0.1) is 11.3 Å². The van der Waals surface area contributed by atoms with E-state index in [0.717, 1.165) is 4.88 Å². The molecule has 0 saturated heterocycles. The number of benzene rings is 1. The van der Waals surface area contributed by atoms with E-state index < -0.39 is 6.04 Å². The van der Waals surface area contributed by atoms with E-state index in [9.17, 15) is 4.79 Å². The Morgan fingerprint density at radius 3 is 2.85 bits per heavy atom. The summed E-state index contributed by atoms with van der Waals surface area (Å²) in [5.74, 6) is 0.0456. The van der Waals surface area contributed by atoms with Crippen LogP contribution in [0.5, 0.6) is 5.75 Å². The van der Waals surface area contributed by atoms with E-state index >= 15 is 0 Å². The van der Waals surface area contributed by atoms with Crippen LogP contribution in [0.15, 0.2) is 35.7 Å². The monoisotopic (exact) mass is 287 g/mol. The van der Waals surface area contributed by atoms with Gasteiger partial charge >= 0.3 is 0 Å². The molecule has 102 valence electrons. The Morgan fingerprint density at radius 2 is 2.25 bits per heavy atom. The average Bonchev–Trinajstić information content (AvgIpc) is 3.00. The van der Waals surface area contributed by atoms with Gasteiger partial charge in [0, 0.05) is 4.88 Å². The zero-order valence-corrected chi connectivity index (χ0v) is 11.6. The number of hydrogen-bond donors (Lipinski definition) is 2. The molecule has 0 spiro atoms. The lowest BCUT2D eigenvalue weighted by Gasteiger charge is -2.14. The van der Waals surface area contributed by atoms with Crippen LogP contribution >= 0.6 is 11.3 Å². The van der Waals surface area contributed by atoms with Gasteiger partial charge in [0.2, 0.25) is 5.91 Å². The number of rotatable bonds is 4. The Labute approximate surface area is 120 Å². The predicted molar refractivity (Wildman–Crippen MR) is 77.6 cm³/mol. The maximum Gasteiger partial charge on any atom is 0.246 e. The van der Waals surface area contributed by atoms with Crippen molar-refractivity contribution in [2.75, 3.05) is 12.4 Å². The average molecular weight is 287 g/mol. The molecule has 3 N–H and O–H groups in total. The lowest BCUT2D eigenvalue weighted by Crippen LogP contribution is -2.27. The van der Waals surface area contributed by atoms with Crippen LogP contribution in [0.3, 0.4) is 0 Å². The number of carbonyl (C=O) groups excluding carboxylic acids is 1. The zero-order valence-electron chi connectivity index (χ0n) is 10.8. The summed E-state index contributed by atoms with van der Waals surface area (Å²) in [7, 11) is 1.48. The van der Waals surface area contributed by atoms with Gasteiger partial charge in [-0.05, 0) is 23.6 Å². The van der Waals surface area contributed by atoms with E-state index in [1.165, 1.54) is 18.4 Å². The minimum atomic E-state index is -0.772. The number of nitriles is 1. The van der Waals surface area contributed by atoms with Crippen molar-refractivity contribution in [3.05, 3.63) is 46.2 Å². The first-order valence-corrected chi connectivity index (χ1v) is 6.72. The lowest BCUT2D eigenvalue weighted by atomic mass is 10.1. The van der Waals surface area contributed by atoms with Crippen molar-refractivity contribution in [1.82, 2.24) is 0 Å². The summed E-state index contributed by atoms with van der Waals surface area (Å²) in [5.41, 5.74) is 6.56. The number of carbonyl (C=O) groups is 1. The SMILES string of the molecule is COc1cccc(C#N)c1NC(=O)C(N)c1cccs1. The fourth-order valence-corrected chi connectivity index (χ4v) is 2.45. The first-order chi connectivity index (χ1) is 9.67. The van der Waals surface area contributed by atoms with E-state index in [-0.39, 0.29) is 5.91 Å². The number of hydrogen-bond acceptors (Lipinski definition) is 5. The summed E-state index contributed by atoms with van der Waals surface area (Å²) in [6, 6.07) is 9.84. The standard InChI is InChI=1S/C14H13N3O2S/c1-19-10-5-2-4-9(8-15)13(10)17-14(18)12(16)11-6-3-7-20-11/h2-7,12H,16H2,1H3,(H,17,18). The van der Waals surface area contributed by atoms with Crippen LogP contribution in [0.1, 0.15) is 16.5 Å². The number of methoxy groups -OCH3 is 1. The summed E-state index contributed by atoms with van der Waals surface area (Å²) in [4.78, 5) is 12.9. The highest BCUT2D eigenvalue weighted by Crippen LogP contribution is 2.29. The van der Waals surface area contributed by atoms with Crippen molar-refractivity contribution in [3.8, 4) is 11.8 Å². The molecule has 0 aliphatic carbocycles. The number of nitrogens with one attached hydrogen (secondary N) is 1. The van der Waals surface area contributed by atoms with Crippen molar-refractivity contribution < 1.29 is 9.53 Å². The van der Waals surface area contributed by atoms with Crippen molar-refractivity contribution >= 4 is 22.9 Å². The fraction of sp³-hybridized carbons (Fsp3) is 0.143. The van der Waals surface area contributed by atoms with Gasteiger partial charge in [0.25, 0.3) is 0 Å². The summed E-state index contributed by atoms with van der Waals surface area (Å²) in [6.07, 6.45) is 0. The van der Waals surface area contributed by atoms with Crippen molar-refractivity contribution in [1.29, 1.82) is 5.26 Å². The Bertz CT molecular complexity index is 647. The highest BCUT2D eigenvalue weighted by atomic mass is 32.1. The predicted octanol–water partition coefficient (Wildman–Crippen LogP) is 2.27. The van der Waals surface area contributed by atoms with Crippen LogP contribution < -0.4 is 15.8 Å². The smallest absolute Gasteiger partial charge is 0.246 e. The number of nitrogens with two attached hydrogens (primary N) is 1. The molecular formula is C14H13N3O2S. The summed E-state index contributed by atoms with van der Waals surface area (Å²) >= 11 is 1.41. The molecule has 1 aromatic heterocycles. The molecule has 1 aromatic carbocycles. The van der Waals surface area contributed by atoms with Gasteiger partial charge in [0.15, 0.2) is 0 Å². The van der Waals surface area contributed by atoms with Gasteiger partial charge < -0.3 is 15.8 Å². The van der Waals surface area contributed by atoms with Crippen LogP contribution in [-0.4, -0.2) is 13.0 Å². The van der Waals surface area contributed by atoms with Gasteiger partial charge in [0.05, 0.1) is 12.7 Å². The number of para-hydroxylation sites is 1. The van der Waals surface area contributed by atoms with Crippen LogP contribution in [0.4, 0.5) is 5.69 Å². The second kappa shape index (κ2) is 6.19. The normalized spacial score (nSPS) is 11.4. The third kappa shape index (κ3) is 2.79. The third-order valence-corrected chi connectivity index (χ3v) is 3.70. The number of thiophene rings is 1. The Balaban J connectivity index is 2.26. The molecule has 1 amide bonds. The minimum Gasteiger partial charge on any atom is -0.495 e. The summed E-state index contributed by atoms with van der Waals surface area (Å²) in [6.45, 7) is 0. The van der Waals surface area contributed by atoms with Crippen LogP contribution in [0.25, 0.3) is 0 Å². The molecule has 0 bridgehead atoms. The number of anilines is 1. The summed E-state index contributed by atoms with van der Waals surface area (Å²) in [5, 5.41) is 13.6. The van der Waals surface area contributed by atoms with E-state index in [1.54, 1.807) is 24.3 Å². The molecule has 0 saturated carbocycles. The van der Waals surface area contributed by atoms with E-state index in [2.05, 4.69) is 5.32 Å². The molecular weight excluding hydrogens is 274 g/mol. The van der Waals surface area contributed by atoms with Crippen LogP contribution in [-0.2, 0) is 4.79 Å². The zero-order chi connectivity index (χ0) is 14.5. The third-order valence-electron chi connectivity index (χ3n) is 2.75. The maximum absolute atomic E-state index is 12.2. The molecule has 0 aliphatic heterocycles. The second-order valence-electron chi connectivity index (χ2n) is 3.98.